The van der Waals surface area contributed by atoms with Gasteiger partial charge in [0.05, 0.1) is 12.3 Å². The summed E-state index contributed by atoms with van der Waals surface area (Å²) >= 11 is 0. The minimum Gasteiger partial charge on any atom is -0.384 e. The molecular weight excluding hydrogens is 368 g/mol. The SMILES string of the molecule is [C-]#[N+][C@H]1C[C@@H]1C(=O)Nc1cc2cc(-c3cnccc3CCOC)nc(N)c2cn1. The number of rotatable bonds is 6. The summed E-state index contributed by atoms with van der Waals surface area (Å²) in [5.41, 5.74) is 8.83. The number of nitrogens with one attached hydrogen (secondary N) is 1. The van der Waals surface area contributed by atoms with E-state index in [1.807, 2.05) is 12.1 Å². The number of fused-ring (bicyclic) bond motifs is 1. The molecule has 2 atom stereocenters. The van der Waals surface area contributed by atoms with E-state index in [4.69, 9.17) is 17.0 Å². The largest absolute Gasteiger partial charge is 0.384 e. The van der Waals surface area contributed by atoms with E-state index in [1.165, 1.54) is 0 Å². The third-order valence-corrected chi connectivity index (χ3v) is 5.02. The summed E-state index contributed by atoms with van der Waals surface area (Å²) in [7, 11) is 1.66. The minimum absolute atomic E-state index is 0.172. The van der Waals surface area contributed by atoms with Gasteiger partial charge in [0.15, 0.2) is 0 Å². The molecule has 3 heterocycles. The number of ether oxygens (including phenoxy) is 1. The summed E-state index contributed by atoms with van der Waals surface area (Å²) < 4.78 is 5.19. The molecule has 8 heteroatoms. The van der Waals surface area contributed by atoms with Gasteiger partial charge in [0.1, 0.15) is 17.6 Å². The molecule has 0 radical (unpaired) electrons. The highest BCUT2D eigenvalue weighted by Crippen LogP contribution is 2.35. The van der Waals surface area contributed by atoms with Crippen molar-refractivity contribution in [2.24, 2.45) is 5.92 Å². The smallest absolute Gasteiger partial charge is 0.236 e. The van der Waals surface area contributed by atoms with Crippen LogP contribution in [0.4, 0.5) is 11.6 Å². The van der Waals surface area contributed by atoms with Gasteiger partial charge in [-0.2, -0.15) is 0 Å². The highest BCUT2D eigenvalue weighted by atomic mass is 16.5. The number of methoxy groups -OCH3 is 1. The number of carbonyl (C=O) groups is 1. The maximum absolute atomic E-state index is 12.2. The van der Waals surface area contributed by atoms with Crippen LogP contribution in [0.5, 0.6) is 0 Å². The monoisotopic (exact) mass is 388 g/mol. The lowest BCUT2D eigenvalue weighted by Crippen LogP contribution is -2.16. The van der Waals surface area contributed by atoms with E-state index < -0.39 is 0 Å². The maximum atomic E-state index is 12.2. The summed E-state index contributed by atoms with van der Waals surface area (Å²) in [5, 5.41) is 4.32. The Labute approximate surface area is 168 Å². The van der Waals surface area contributed by atoms with E-state index in [0.717, 1.165) is 22.9 Å². The molecule has 29 heavy (non-hydrogen) atoms. The van der Waals surface area contributed by atoms with Gasteiger partial charge in [-0.15, -0.1) is 0 Å². The number of nitrogens with zero attached hydrogens (tertiary/aromatic N) is 4. The molecule has 3 aromatic heterocycles. The van der Waals surface area contributed by atoms with Crippen molar-refractivity contribution in [3.8, 4) is 11.3 Å². The molecule has 1 saturated carbocycles. The van der Waals surface area contributed by atoms with Crippen molar-refractivity contribution in [2.45, 2.75) is 18.9 Å². The molecule has 0 spiro atoms. The van der Waals surface area contributed by atoms with Crippen molar-refractivity contribution in [2.75, 3.05) is 24.8 Å². The average molecular weight is 388 g/mol. The topological polar surface area (TPSA) is 107 Å². The first-order valence-electron chi connectivity index (χ1n) is 9.26. The molecule has 3 aromatic rings. The Morgan fingerprint density at radius 1 is 1.41 bits per heavy atom. The number of hydrogen-bond acceptors (Lipinski definition) is 6. The van der Waals surface area contributed by atoms with Gasteiger partial charge < -0.3 is 20.6 Å². The zero-order chi connectivity index (χ0) is 20.4. The van der Waals surface area contributed by atoms with Gasteiger partial charge in [0, 0.05) is 43.1 Å². The Kier molecular flexibility index (Phi) is 5.06. The van der Waals surface area contributed by atoms with Gasteiger partial charge in [-0.1, -0.05) is 0 Å². The van der Waals surface area contributed by atoms with Crippen LogP contribution in [-0.4, -0.2) is 40.6 Å². The second-order valence-electron chi connectivity index (χ2n) is 6.99. The molecule has 1 fully saturated rings. The highest BCUT2D eigenvalue weighted by Gasteiger charge is 2.49. The van der Waals surface area contributed by atoms with Crippen molar-refractivity contribution in [1.29, 1.82) is 0 Å². The van der Waals surface area contributed by atoms with E-state index in [9.17, 15) is 4.79 Å². The third-order valence-electron chi connectivity index (χ3n) is 5.02. The van der Waals surface area contributed by atoms with Crippen molar-refractivity contribution < 1.29 is 9.53 Å². The molecule has 3 N–H and O–H groups in total. The van der Waals surface area contributed by atoms with Crippen molar-refractivity contribution in [1.82, 2.24) is 15.0 Å². The second kappa shape index (κ2) is 7.81. The fourth-order valence-corrected chi connectivity index (χ4v) is 3.29. The van der Waals surface area contributed by atoms with Crippen LogP contribution in [-0.2, 0) is 16.0 Å². The fourth-order valence-electron chi connectivity index (χ4n) is 3.29. The van der Waals surface area contributed by atoms with Gasteiger partial charge in [0.2, 0.25) is 11.9 Å². The Morgan fingerprint density at radius 3 is 3.03 bits per heavy atom. The average Bonchev–Trinajstić information content (AvgIpc) is 3.52. The van der Waals surface area contributed by atoms with Crippen LogP contribution >= 0.6 is 0 Å². The number of anilines is 2. The molecule has 4 rings (SSSR count). The lowest BCUT2D eigenvalue weighted by molar-refractivity contribution is -0.117. The predicted molar refractivity (Wildman–Crippen MR) is 110 cm³/mol. The summed E-state index contributed by atoms with van der Waals surface area (Å²) in [5.74, 6) is 0.371. The number of nitrogens with two attached hydrogens (primary N) is 1. The van der Waals surface area contributed by atoms with Crippen LogP contribution in [0.1, 0.15) is 12.0 Å². The van der Waals surface area contributed by atoms with Gasteiger partial charge in [0.25, 0.3) is 0 Å². The molecule has 8 nitrogen and oxygen atoms in total. The predicted octanol–water partition coefficient (Wildman–Crippen LogP) is 2.71. The highest BCUT2D eigenvalue weighted by molar-refractivity contribution is 5.98. The quantitative estimate of drug-likeness (QED) is 0.629. The molecule has 0 aliphatic heterocycles. The van der Waals surface area contributed by atoms with Gasteiger partial charge in [-0.25, -0.2) is 16.5 Å². The van der Waals surface area contributed by atoms with Crippen LogP contribution in [0, 0.1) is 12.5 Å². The van der Waals surface area contributed by atoms with Gasteiger partial charge in [-0.3, -0.25) is 9.78 Å². The van der Waals surface area contributed by atoms with Crippen LogP contribution < -0.4 is 11.1 Å². The normalized spacial score (nSPS) is 17.7. The molecule has 0 saturated heterocycles. The lowest BCUT2D eigenvalue weighted by atomic mass is 10.0. The number of amides is 1. The molecule has 1 aliphatic rings. The zero-order valence-corrected chi connectivity index (χ0v) is 15.9. The molecule has 0 unspecified atom stereocenters. The summed E-state index contributed by atoms with van der Waals surface area (Å²) in [4.78, 5) is 28.7. The first-order valence-corrected chi connectivity index (χ1v) is 9.26. The van der Waals surface area contributed by atoms with Crippen LogP contribution in [0.15, 0.2) is 36.8 Å². The Morgan fingerprint density at radius 2 is 2.28 bits per heavy atom. The first-order chi connectivity index (χ1) is 14.1. The third kappa shape index (κ3) is 3.86. The van der Waals surface area contributed by atoms with Gasteiger partial charge >= 0.3 is 0 Å². The summed E-state index contributed by atoms with van der Waals surface area (Å²) in [6.45, 7) is 7.61. The van der Waals surface area contributed by atoms with Crippen molar-refractivity contribution in [3.05, 3.63) is 53.8 Å². The van der Waals surface area contributed by atoms with E-state index >= 15 is 0 Å². The van der Waals surface area contributed by atoms with Crippen LogP contribution in [0.2, 0.25) is 0 Å². The molecule has 0 aromatic carbocycles. The summed E-state index contributed by atoms with van der Waals surface area (Å²) in [6.07, 6.45) is 6.45. The van der Waals surface area contributed by atoms with Crippen molar-refractivity contribution >= 4 is 28.3 Å². The maximum Gasteiger partial charge on any atom is 0.236 e. The van der Waals surface area contributed by atoms with E-state index in [2.05, 4.69) is 25.1 Å². The number of carbonyl (C=O) groups excluding carboxylic acids is 1. The fraction of sp³-hybridized carbons (Fsp3) is 0.286. The molecule has 0 bridgehead atoms. The van der Waals surface area contributed by atoms with Crippen LogP contribution in [0.25, 0.3) is 26.9 Å². The molecule has 146 valence electrons. The Hall–Kier alpha value is -3.57. The zero-order valence-electron chi connectivity index (χ0n) is 15.9. The van der Waals surface area contributed by atoms with Crippen molar-refractivity contribution in [3.63, 3.8) is 0 Å². The number of pyridine rings is 3. The Bertz CT molecular complexity index is 1120. The van der Waals surface area contributed by atoms with E-state index in [-0.39, 0.29) is 17.9 Å². The standard InChI is InChI=1S/C21H20N6O2/c1-23-17-9-14(17)21(28)27-19-8-13-7-18(26-20(22)16(13)11-25-19)15-10-24-5-3-12(15)4-6-29-2/h3,5,7-8,10-11,14,17H,4,6,9H2,2H3,(H2,22,26)(H,25,27,28)/t14-,17-/m0/s1. The molecular formula is C21H20N6O2. The number of aromatic nitrogens is 3. The number of nitrogen functional groups attached to an aromatic ring is 1. The lowest BCUT2D eigenvalue weighted by Gasteiger charge is -2.11. The summed E-state index contributed by atoms with van der Waals surface area (Å²) in [6, 6.07) is 5.42. The first kappa shape index (κ1) is 18.8. The second-order valence-corrected chi connectivity index (χ2v) is 6.99. The number of hydrogen-bond donors (Lipinski definition) is 2. The van der Waals surface area contributed by atoms with Crippen LogP contribution in [0.3, 0.4) is 0 Å². The van der Waals surface area contributed by atoms with E-state index in [1.54, 1.807) is 31.8 Å². The molecule has 1 amide bonds. The van der Waals surface area contributed by atoms with E-state index in [0.29, 0.717) is 35.7 Å². The Balaban J connectivity index is 1.67. The minimum atomic E-state index is -0.248. The van der Waals surface area contributed by atoms with Gasteiger partial charge in [-0.05, 0) is 35.6 Å². The molecule has 1 aliphatic carbocycles.